The summed E-state index contributed by atoms with van der Waals surface area (Å²) in [4.78, 5) is 0. The van der Waals surface area contributed by atoms with E-state index in [4.69, 9.17) is 23.2 Å². The first kappa shape index (κ1) is 7.13. The zero-order chi connectivity index (χ0) is 6.85. The van der Waals surface area contributed by atoms with Crippen molar-refractivity contribution >= 4 is 40.6 Å². The maximum Gasteiger partial charge on any atom is 0.102 e. The van der Waals surface area contributed by atoms with Gasteiger partial charge in [0.15, 0.2) is 0 Å². The molecule has 1 aromatic heterocycles. The molecule has 0 aliphatic rings. The smallest absolute Gasteiger partial charge is 0.102 e. The van der Waals surface area contributed by atoms with Crippen LogP contribution in [0.2, 0.25) is 8.67 Å². The van der Waals surface area contributed by atoms with Crippen molar-refractivity contribution in [3.8, 4) is 0 Å². The summed E-state index contributed by atoms with van der Waals surface area (Å²) in [6.45, 7) is 3.57. The van der Waals surface area contributed by atoms with Gasteiger partial charge in [0.25, 0.3) is 0 Å². The highest BCUT2D eigenvalue weighted by Crippen LogP contribution is 2.31. The van der Waals surface area contributed by atoms with Crippen LogP contribution in [0.15, 0.2) is 12.6 Å². The highest BCUT2D eigenvalue weighted by atomic mass is 35.5. The van der Waals surface area contributed by atoms with Crippen molar-refractivity contribution in [1.29, 1.82) is 0 Å². The molecular weight excluding hydrogens is 175 g/mol. The Morgan fingerprint density at radius 2 is 2.22 bits per heavy atom. The Morgan fingerprint density at radius 1 is 1.56 bits per heavy atom. The van der Waals surface area contributed by atoms with Crippen LogP contribution in [0.3, 0.4) is 0 Å². The number of halogens is 2. The van der Waals surface area contributed by atoms with Gasteiger partial charge in [-0.2, -0.15) is 0 Å². The minimum atomic E-state index is 0.704. The lowest BCUT2D eigenvalue weighted by atomic mass is 10.3. The highest BCUT2D eigenvalue weighted by molar-refractivity contribution is 7.20. The fraction of sp³-hybridized carbons (Fsp3) is 0. The molecule has 1 aromatic rings. The Kier molecular flexibility index (Phi) is 2.17. The molecule has 0 radical (unpaired) electrons. The van der Waals surface area contributed by atoms with Gasteiger partial charge in [-0.15, -0.1) is 11.3 Å². The molecule has 0 fully saturated rings. The molecule has 0 bridgehead atoms. The van der Waals surface area contributed by atoms with Gasteiger partial charge in [0.05, 0.1) is 4.34 Å². The van der Waals surface area contributed by atoms with E-state index in [-0.39, 0.29) is 0 Å². The summed E-state index contributed by atoms with van der Waals surface area (Å²) in [6.07, 6.45) is 1.69. The lowest BCUT2D eigenvalue weighted by Gasteiger charge is -1.79. The molecule has 9 heavy (non-hydrogen) atoms. The van der Waals surface area contributed by atoms with E-state index in [0.717, 1.165) is 5.56 Å². The van der Waals surface area contributed by atoms with Gasteiger partial charge in [-0.3, -0.25) is 0 Å². The number of thiophene rings is 1. The van der Waals surface area contributed by atoms with Gasteiger partial charge in [-0.05, 0) is 6.07 Å². The van der Waals surface area contributed by atoms with Gasteiger partial charge in [-0.1, -0.05) is 35.9 Å². The molecule has 48 valence electrons. The molecule has 0 nitrogen and oxygen atoms in total. The first-order valence-electron chi connectivity index (χ1n) is 2.31. The molecule has 0 aliphatic carbocycles. The van der Waals surface area contributed by atoms with Crippen molar-refractivity contribution in [1.82, 2.24) is 0 Å². The van der Waals surface area contributed by atoms with Crippen molar-refractivity contribution in [3.63, 3.8) is 0 Å². The predicted octanol–water partition coefficient (Wildman–Crippen LogP) is 3.70. The number of hydrogen-bond acceptors (Lipinski definition) is 1. The highest BCUT2D eigenvalue weighted by Gasteiger charge is 1.99. The molecule has 1 heterocycles. The lowest BCUT2D eigenvalue weighted by Crippen LogP contribution is -1.57. The third kappa shape index (κ3) is 1.48. The zero-order valence-corrected chi connectivity index (χ0v) is 6.85. The SMILES string of the molecule is C=Cc1cc(Cl)sc1Cl. The second-order valence-electron chi connectivity index (χ2n) is 1.48. The minimum Gasteiger partial charge on any atom is -0.111 e. The fourth-order valence-electron chi connectivity index (χ4n) is 0.492. The first-order chi connectivity index (χ1) is 4.24. The molecular formula is C6H4Cl2S. The summed E-state index contributed by atoms with van der Waals surface area (Å²) in [5.41, 5.74) is 0.909. The average Bonchev–Trinajstić information content (AvgIpc) is 2.10. The van der Waals surface area contributed by atoms with Crippen LogP contribution < -0.4 is 0 Å². The summed E-state index contributed by atoms with van der Waals surface area (Å²) in [5.74, 6) is 0. The molecule has 0 saturated heterocycles. The Balaban J connectivity index is 3.15. The zero-order valence-electron chi connectivity index (χ0n) is 4.53. The Bertz CT molecular complexity index is 227. The molecule has 0 atom stereocenters. The van der Waals surface area contributed by atoms with Crippen LogP contribution in [0.4, 0.5) is 0 Å². The largest absolute Gasteiger partial charge is 0.111 e. The van der Waals surface area contributed by atoms with Crippen molar-refractivity contribution in [2.75, 3.05) is 0 Å². The van der Waals surface area contributed by atoms with E-state index in [9.17, 15) is 0 Å². The van der Waals surface area contributed by atoms with Crippen molar-refractivity contribution in [2.24, 2.45) is 0 Å². The van der Waals surface area contributed by atoms with E-state index >= 15 is 0 Å². The summed E-state index contributed by atoms with van der Waals surface area (Å²) in [7, 11) is 0. The quantitative estimate of drug-likeness (QED) is 0.616. The Hall–Kier alpha value is 0.0200. The van der Waals surface area contributed by atoms with Crippen molar-refractivity contribution in [2.45, 2.75) is 0 Å². The molecule has 0 aliphatic heterocycles. The van der Waals surface area contributed by atoms with Crippen LogP contribution in [0.25, 0.3) is 6.08 Å². The van der Waals surface area contributed by atoms with Crippen molar-refractivity contribution in [3.05, 3.63) is 26.9 Å². The van der Waals surface area contributed by atoms with Gasteiger partial charge >= 0.3 is 0 Å². The lowest BCUT2D eigenvalue weighted by molar-refractivity contribution is 1.89. The molecule has 0 saturated carbocycles. The molecule has 1 rings (SSSR count). The molecule has 0 amide bonds. The Morgan fingerprint density at radius 3 is 2.44 bits per heavy atom. The van der Waals surface area contributed by atoms with Crippen molar-refractivity contribution < 1.29 is 0 Å². The second kappa shape index (κ2) is 2.74. The average molecular weight is 179 g/mol. The van der Waals surface area contributed by atoms with Gasteiger partial charge < -0.3 is 0 Å². The Labute approximate surface area is 67.7 Å². The first-order valence-corrected chi connectivity index (χ1v) is 3.88. The van der Waals surface area contributed by atoms with Crippen LogP contribution in [0.1, 0.15) is 5.56 Å². The molecule has 0 N–H and O–H groups in total. The minimum absolute atomic E-state index is 0.704. The van der Waals surface area contributed by atoms with Gasteiger partial charge in [0.2, 0.25) is 0 Å². The summed E-state index contributed by atoms with van der Waals surface area (Å²) >= 11 is 12.7. The van der Waals surface area contributed by atoms with E-state index < -0.39 is 0 Å². The van der Waals surface area contributed by atoms with Gasteiger partial charge in [-0.25, -0.2) is 0 Å². The predicted molar refractivity (Wildman–Crippen MR) is 44.4 cm³/mol. The van der Waals surface area contributed by atoms with E-state index in [1.165, 1.54) is 11.3 Å². The monoisotopic (exact) mass is 178 g/mol. The van der Waals surface area contributed by atoms with Crippen LogP contribution in [-0.4, -0.2) is 0 Å². The maximum atomic E-state index is 5.71. The molecule has 0 unspecified atom stereocenters. The van der Waals surface area contributed by atoms with Crippen LogP contribution in [0.5, 0.6) is 0 Å². The third-order valence-electron chi connectivity index (χ3n) is 0.903. The van der Waals surface area contributed by atoms with Gasteiger partial charge in [0, 0.05) is 5.56 Å². The summed E-state index contributed by atoms with van der Waals surface area (Å²) < 4.78 is 1.41. The van der Waals surface area contributed by atoms with E-state index in [1.54, 1.807) is 12.1 Å². The topological polar surface area (TPSA) is 0 Å². The van der Waals surface area contributed by atoms with Crippen LogP contribution in [0, 0.1) is 0 Å². The van der Waals surface area contributed by atoms with E-state index in [0.29, 0.717) is 8.67 Å². The normalized spacial score (nSPS) is 9.56. The molecule has 0 spiro atoms. The molecule has 3 heteroatoms. The summed E-state index contributed by atoms with van der Waals surface area (Å²) in [6, 6.07) is 1.79. The fourth-order valence-corrected chi connectivity index (χ4v) is 1.96. The third-order valence-corrected chi connectivity index (χ3v) is 2.42. The van der Waals surface area contributed by atoms with Gasteiger partial charge in [0.1, 0.15) is 4.34 Å². The number of hydrogen-bond donors (Lipinski definition) is 0. The van der Waals surface area contributed by atoms with E-state index in [1.807, 2.05) is 0 Å². The van der Waals surface area contributed by atoms with Crippen LogP contribution >= 0.6 is 34.5 Å². The standard InChI is InChI=1S/C6H4Cl2S/c1-2-4-3-5(7)9-6(4)8/h2-3H,1H2. The summed E-state index contributed by atoms with van der Waals surface area (Å²) in [5, 5.41) is 0. The maximum absolute atomic E-state index is 5.71. The molecule has 0 aromatic carbocycles. The number of rotatable bonds is 1. The second-order valence-corrected chi connectivity index (χ2v) is 3.77. The van der Waals surface area contributed by atoms with E-state index in [2.05, 4.69) is 6.58 Å². The van der Waals surface area contributed by atoms with Crippen LogP contribution in [-0.2, 0) is 0 Å².